The molecule has 0 aliphatic heterocycles. The van der Waals surface area contributed by atoms with Gasteiger partial charge in [0, 0.05) is 30.9 Å². The lowest BCUT2D eigenvalue weighted by atomic mass is 9.88. The Balaban J connectivity index is 4.71. The van der Waals surface area contributed by atoms with E-state index in [1.54, 1.807) is 6.92 Å². The van der Waals surface area contributed by atoms with E-state index >= 15 is 0 Å². The SMILES string of the molecule is C=C(C)C(=O)NC(CCO)(CCO)CCO. The number of nitrogens with one attached hydrogen (secondary N) is 1. The zero-order valence-electron chi connectivity index (χ0n) is 9.70. The van der Waals surface area contributed by atoms with Gasteiger partial charge in [-0.2, -0.15) is 0 Å². The second-order valence-electron chi connectivity index (χ2n) is 3.94. The summed E-state index contributed by atoms with van der Waals surface area (Å²) in [6, 6.07) is 0. The molecule has 0 aromatic heterocycles. The molecule has 94 valence electrons. The van der Waals surface area contributed by atoms with Gasteiger partial charge in [-0.05, 0) is 26.2 Å². The summed E-state index contributed by atoms with van der Waals surface area (Å²) in [6.45, 7) is 4.76. The van der Waals surface area contributed by atoms with E-state index in [0.29, 0.717) is 24.8 Å². The molecule has 0 heterocycles. The fraction of sp³-hybridized carbons (Fsp3) is 0.727. The van der Waals surface area contributed by atoms with Gasteiger partial charge < -0.3 is 20.6 Å². The quantitative estimate of drug-likeness (QED) is 0.426. The highest BCUT2D eigenvalue weighted by molar-refractivity contribution is 5.92. The molecule has 0 aliphatic rings. The van der Waals surface area contributed by atoms with Gasteiger partial charge in [-0.3, -0.25) is 4.79 Å². The second kappa shape index (κ2) is 7.38. The lowest BCUT2D eigenvalue weighted by Gasteiger charge is -2.33. The largest absolute Gasteiger partial charge is 0.396 e. The summed E-state index contributed by atoms with van der Waals surface area (Å²) < 4.78 is 0. The predicted molar refractivity (Wildman–Crippen MR) is 60.8 cm³/mol. The number of carbonyl (C=O) groups is 1. The van der Waals surface area contributed by atoms with Crippen LogP contribution in [0.3, 0.4) is 0 Å². The molecule has 0 radical (unpaired) electrons. The Hall–Kier alpha value is -0.910. The van der Waals surface area contributed by atoms with Crippen LogP contribution in [0.5, 0.6) is 0 Å². The van der Waals surface area contributed by atoms with Crippen molar-refractivity contribution in [1.29, 1.82) is 0 Å². The Morgan fingerprint density at radius 1 is 1.12 bits per heavy atom. The Labute approximate surface area is 95.8 Å². The number of aliphatic hydroxyl groups is 3. The van der Waals surface area contributed by atoms with E-state index in [-0.39, 0.29) is 25.7 Å². The topological polar surface area (TPSA) is 89.8 Å². The molecular weight excluding hydrogens is 210 g/mol. The summed E-state index contributed by atoms with van der Waals surface area (Å²) in [4.78, 5) is 11.5. The molecular formula is C11H21NO4. The zero-order chi connectivity index (χ0) is 12.6. The molecule has 0 bridgehead atoms. The van der Waals surface area contributed by atoms with Gasteiger partial charge in [0.15, 0.2) is 0 Å². The highest BCUT2D eigenvalue weighted by Crippen LogP contribution is 2.20. The average Bonchev–Trinajstić information content (AvgIpc) is 2.18. The van der Waals surface area contributed by atoms with Crippen LogP contribution in [0.4, 0.5) is 0 Å². The van der Waals surface area contributed by atoms with Crippen molar-refractivity contribution in [1.82, 2.24) is 5.32 Å². The van der Waals surface area contributed by atoms with Crippen molar-refractivity contribution in [3.63, 3.8) is 0 Å². The van der Waals surface area contributed by atoms with Crippen molar-refractivity contribution in [2.24, 2.45) is 0 Å². The van der Waals surface area contributed by atoms with Crippen molar-refractivity contribution in [2.45, 2.75) is 31.7 Å². The third kappa shape index (κ3) is 4.74. The van der Waals surface area contributed by atoms with Crippen molar-refractivity contribution in [3.8, 4) is 0 Å². The van der Waals surface area contributed by atoms with Gasteiger partial charge in [-0.1, -0.05) is 6.58 Å². The van der Waals surface area contributed by atoms with Gasteiger partial charge in [0.05, 0.1) is 0 Å². The van der Waals surface area contributed by atoms with Crippen molar-refractivity contribution in [2.75, 3.05) is 19.8 Å². The first-order valence-electron chi connectivity index (χ1n) is 5.32. The van der Waals surface area contributed by atoms with Crippen molar-refractivity contribution < 1.29 is 20.1 Å². The third-order valence-corrected chi connectivity index (χ3v) is 2.54. The molecule has 4 N–H and O–H groups in total. The summed E-state index contributed by atoms with van der Waals surface area (Å²) in [5.41, 5.74) is -0.396. The van der Waals surface area contributed by atoms with E-state index in [9.17, 15) is 4.79 Å². The highest BCUT2D eigenvalue weighted by atomic mass is 16.3. The molecule has 0 aliphatic carbocycles. The van der Waals surface area contributed by atoms with Gasteiger partial charge >= 0.3 is 0 Å². The summed E-state index contributed by atoms with van der Waals surface area (Å²) in [5, 5.41) is 29.6. The first-order chi connectivity index (χ1) is 7.51. The molecule has 0 atom stereocenters. The van der Waals surface area contributed by atoms with Crippen LogP contribution >= 0.6 is 0 Å². The first-order valence-corrected chi connectivity index (χ1v) is 5.32. The van der Waals surface area contributed by atoms with E-state index < -0.39 is 5.54 Å². The van der Waals surface area contributed by atoms with Gasteiger partial charge in [-0.25, -0.2) is 0 Å². The second-order valence-corrected chi connectivity index (χ2v) is 3.94. The molecule has 0 unspecified atom stereocenters. The highest BCUT2D eigenvalue weighted by Gasteiger charge is 2.30. The van der Waals surface area contributed by atoms with E-state index in [1.807, 2.05) is 0 Å². The molecule has 0 spiro atoms. The molecule has 1 amide bonds. The molecule has 0 aromatic carbocycles. The van der Waals surface area contributed by atoms with Gasteiger partial charge in [-0.15, -0.1) is 0 Å². The molecule has 16 heavy (non-hydrogen) atoms. The van der Waals surface area contributed by atoms with Crippen LogP contribution in [-0.2, 0) is 4.79 Å². The van der Waals surface area contributed by atoms with Crippen LogP contribution in [0.2, 0.25) is 0 Å². The number of hydrogen-bond acceptors (Lipinski definition) is 4. The van der Waals surface area contributed by atoms with Gasteiger partial charge in [0.1, 0.15) is 0 Å². The van der Waals surface area contributed by atoms with Crippen LogP contribution in [0.1, 0.15) is 26.2 Å². The number of hydrogen-bond donors (Lipinski definition) is 4. The molecule has 0 rings (SSSR count). The summed E-state index contributed by atoms with van der Waals surface area (Å²) in [7, 11) is 0. The van der Waals surface area contributed by atoms with E-state index in [4.69, 9.17) is 15.3 Å². The summed E-state index contributed by atoms with van der Waals surface area (Å²) in [5.74, 6) is -0.324. The number of carbonyl (C=O) groups excluding carboxylic acids is 1. The van der Waals surface area contributed by atoms with Crippen LogP contribution in [0.25, 0.3) is 0 Å². The minimum atomic E-state index is -0.756. The Kier molecular flexibility index (Phi) is 6.96. The van der Waals surface area contributed by atoms with Gasteiger partial charge in [0.25, 0.3) is 0 Å². The van der Waals surface area contributed by atoms with Crippen molar-refractivity contribution in [3.05, 3.63) is 12.2 Å². The molecule has 0 fully saturated rings. The number of rotatable bonds is 8. The molecule has 0 aromatic rings. The van der Waals surface area contributed by atoms with Gasteiger partial charge in [0.2, 0.25) is 5.91 Å². The average molecular weight is 231 g/mol. The summed E-state index contributed by atoms with van der Waals surface area (Å²) in [6.07, 6.45) is 0.896. The molecule has 0 saturated carbocycles. The smallest absolute Gasteiger partial charge is 0.246 e. The zero-order valence-corrected chi connectivity index (χ0v) is 9.70. The summed E-state index contributed by atoms with van der Waals surface area (Å²) >= 11 is 0. The minimum Gasteiger partial charge on any atom is -0.396 e. The lowest BCUT2D eigenvalue weighted by Crippen LogP contribution is -2.50. The fourth-order valence-corrected chi connectivity index (χ4v) is 1.55. The standard InChI is InChI=1S/C11H21NO4/c1-9(2)10(16)12-11(3-6-13,4-7-14)5-8-15/h13-15H,1,3-8H2,2H3,(H,12,16). The van der Waals surface area contributed by atoms with E-state index in [2.05, 4.69) is 11.9 Å². The maximum Gasteiger partial charge on any atom is 0.246 e. The van der Waals surface area contributed by atoms with E-state index in [1.165, 1.54) is 0 Å². The fourth-order valence-electron chi connectivity index (χ4n) is 1.55. The van der Waals surface area contributed by atoms with E-state index in [0.717, 1.165) is 0 Å². The molecule has 5 nitrogen and oxygen atoms in total. The van der Waals surface area contributed by atoms with Crippen LogP contribution in [0, 0.1) is 0 Å². The Bertz CT molecular complexity index is 223. The lowest BCUT2D eigenvalue weighted by molar-refractivity contribution is -0.119. The third-order valence-electron chi connectivity index (χ3n) is 2.54. The predicted octanol–water partition coefficient (Wildman–Crippen LogP) is -0.435. The number of amides is 1. The maximum atomic E-state index is 11.5. The Morgan fingerprint density at radius 2 is 1.50 bits per heavy atom. The van der Waals surface area contributed by atoms with Crippen LogP contribution in [0.15, 0.2) is 12.2 Å². The number of aliphatic hydroxyl groups excluding tert-OH is 3. The van der Waals surface area contributed by atoms with Crippen LogP contribution < -0.4 is 5.32 Å². The molecule has 5 heteroatoms. The van der Waals surface area contributed by atoms with Crippen LogP contribution in [-0.4, -0.2) is 46.6 Å². The molecule has 0 saturated heterocycles. The first kappa shape index (κ1) is 15.1. The van der Waals surface area contributed by atoms with Crippen molar-refractivity contribution >= 4 is 5.91 Å². The monoisotopic (exact) mass is 231 g/mol. The normalized spacial score (nSPS) is 11.2. The Morgan fingerprint density at radius 3 is 1.75 bits per heavy atom. The maximum absolute atomic E-state index is 11.5. The minimum absolute atomic E-state index is 0.115.